The van der Waals surface area contributed by atoms with Gasteiger partial charge in [-0.1, -0.05) is 31.4 Å². The predicted molar refractivity (Wildman–Crippen MR) is 96.2 cm³/mol. The van der Waals surface area contributed by atoms with Crippen molar-refractivity contribution in [2.24, 2.45) is 10.9 Å². The monoisotopic (exact) mass is 346 g/mol. The molecule has 1 aromatic carbocycles. The molecule has 1 aromatic rings. The van der Waals surface area contributed by atoms with Crippen molar-refractivity contribution in [2.45, 2.75) is 45.1 Å². The first-order valence-electron chi connectivity index (χ1n) is 8.56. The van der Waals surface area contributed by atoms with Crippen LogP contribution in [0.25, 0.3) is 0 Å². The van der Waals surface area contributed by atoms with Crippen LogP contribution in [0.1, 0.15) is 44.6 Å². The van der Waals surface area contributed by atoms with Crippen LogP contribution in [-0.2, 0) is 9.53 Å². The van der Waals surface area contributed by atoms with E-state index in [1.54, 1.807) is 0 Å². The topological polar surface area (TPSA) is 50.7 Å². The molecule has 1 atom stereocenters. The van der Waals surface area contributed by atoms with Crippen LogP contribution in [0.2, 0.25) is 5.02 Å². The van der Waals surface area contributed by atoms with Gasteiger partial charge in [0.1, 0.15) is 5.84 Å². The van der Waals surface area contributed by atoms with Crippen molar-refractivity contribution in [1.82, 2.24) is 5.32 Å². The van der Waals surface area contributed by atoms with Gasteiger partial charge >= 0.3 is 5.97 Å². The lowest BCUT2D eigenvalue weighted by molar-refractivity contribution is -0.136. The fourth-order valence-corrected chi connectivity index (χ4v) is 3.75. The van der Waals surface area contributed by atoms with Crippen molar-refractivity contribution in [2.75, 3.05) is 7.11 Å². The van der Waals surface area contributed by atoms with Crippen LogP contribution >= 0.6 is 11.6 Å². The Hall–Kier alpha value is -1.81. The number of rotatable bonds is 4. The second-order valence-electron chi connectivity index (χ2n) is 6.34. The Labute approximate surface area is 147 Å². The Kier molecular flexibility index (Phi) is 5.24. The number of esters is 1. The smallest absolute Gasteiger partial charge is 0.337 e. The normalized spacial score (nSPS) is 21.5. The molecule has 0 bridgehead atoms. The molecule has 0 amide bonds. The minimum Gasteiger partial charge on any atom is -0.466 e. The summed E-state index contributed by atoms with van der Waals surface area (Å²) in [5.41, 5.74) is 2.60. The van der Waals surface area contributed by atoms with Gasteiger partial charge in [-0.25, -0.2) is 4.79 Å². The Bertz CT molecular complexity index is 673. The minimum atomic E-state index is -0.268. The standard InChI is InChI=1S/C19H23ClN2O2/c1-3-15-16(19(23)24-2)17(12-6-4-5-7-12)22-18(21-15)13-8-10-14(20)11-9-13/h8-12,17H,3-7H2,1-2H3,(H,21,22). The molecule has 1 fully saturated rings. The first kappa shape index (κ1) is 17.0. The second kappa shape index (κ2) is 7.39. The van der Waals surface area contributed by atoms with Crippen molar-refractivity contribution in [3.05, 3.63) is 46.1 Å². The summed E-state index contributed by atoms with van der Waals surface area (Å²) < 4.78 is 5.04. The number of halogens is 1. The molecule has 5 heteroatoms. The summed E-state index contributed by atoms with van der Waals surface area (Å²) in [6, 6.07) is 7.50. The van der Waals surface area contributed by atoms with Crippen molar-refractivity contribution < 1.29 is 9.53 Å². The van der Waals surface area contributed by atoms with Crippen molar-refractivity contribution in [3.8, 4) is 0 Å². The summed E-state index contributed by atoms with van der Waals surface area (Å²) in [5, 5.41) is 4.04. The molecule has 0 spiro atoms. The third-order valence-electron chi connectivity index (χ3n) is 4.88. The van der Waals surface area contributed by atoms with Gasteiger partial charge in [0.15, 0.2) is 0 Å². The third kappa shape index (κ3) is 3.34. The first-order chi connectivity index (χ1) is 11.6. The van der Waals surface area contributed by atoms with Crippen LogP contribution < -0.4 is 5.32 Å². The van der Waals surface area contributed by atoms with E-state index < -0.39 is 0 Å². The molecule has 1 unspecified atom stereocenters. The van der Waals surface area contributed by atoms with Crippen molar-refractivity contribution in [3.63, 3.8) is 0 Å². The molecule has 1 saturated carbocycles. The first-order valence-corrected chi connectivity index (χ1v) is 8.94. The molecular weight excluding hydrogens is 324 g/mol. The Morgan fingerprint density at radius 1 is 1.29 bits per heavy atom. The molecule has 1 aliphatic heterocycles. The number of aliphatic imine (C=N–C) groups is 1. The summed E-state index contributed by atoms with van der Waals surface area (Å²) in [6.07, 6.45) is 5.37. The van der Waals surface area contributed by atoms with E-state index in [0.29, 0.717) is 16.5 Å². The molecule has 0 saturated heterocycles. The molecule has 1 N–H and O–H groups in total. The molecule has 4 nitrogen and oxygen atoms in total. The molecule has 0 aromatic heterocycles. The van der Waals surface area contributed by atoms with Gasteiger partial charge in [-0.2, -0.15) is 0 Å². The van der Waals surface area contributed by atoms with Crippen LogP contribution in [0.15, 0.2) is 40.5 Å². The number of ether oxygens (including phenoxy) is 1. The molecule has 24 heavy (non-hydrogen) atoms. The summed E-state index contributed by atoms with van der Waals surface area (Å²) in [4.78, 5) is 17.3. The number of amidine groups is 1. The number of hydrogen-bond donors (Lipinski definition) is 1. The lowest BCUT2D eigenvalue weighted by Crippen LogP contribution is -2.39. The zero-order valence-corrected chi connectivity index (χ0v) is 14.9. The van der Waals surface area contributed by atoms with Gasteiger partial charge in [-0.3, -0.25) is 4.99 Å². The quantitative estimate of drug-likeness (QED) is 0.835. The maximum Gasteiger partial charge on any atom is 0.337 e. The molecular formula is C19H23ClN2O2. The second-order valence-corrected chi connectivity index (χ2v) is 6.77. The number of nitrogens with zero attached hydrogens (tertiary/aromatic N) is 1. The summed E-state index contributed by atoms with van der Waals surface area (Å²) >= 11 is 5.99. The number of nitrogens with one attached hydrogen (secondary N) is 1. The van der Waals surface area contributed by atoms with Crippen molar-refractivity contribution >= 4 is 23.4 Å². The van der Waals surface area contributed by atoms with Gasteiger partial charge in [-0.05, 0) is 49.4 Å². The van der Waals surface area contributed by atoms with E-state index in [-0.39, 0.29) is 12.0 Å². The highest BCUT2D eigenvalue weighted by atomic mass is 35.5. The number of methoxy groups -OCH3 is 1. The van der Waals surface area contributed by atoms with Gasteiger partial charge in [0.2, 0.25) is 0 Å². The molecule has 1 heterocycles. The van der Waals surface area contributed by atoms with Gasteiger partial charge < -0.3 is 10.1 Å². The molecule has 0 radical (unpaired) electrons. The highest BCUT2D eigenvalue weighted by molar-refractivity contribution is 6.30. The Balaban J connectivity index is 2.01. The van der Waals surface area contributed by atoms with Gasteiger partial charge in [0.05, 0.1) is 18.7 Å². The zero-order valence-electron chi connectivity index (χ0n) is 14.1. The number of allylic oxidation sites excluding steroid dienone is 1. The maximum absolute atomic E-state index is 12.4. The highest BCUT2D eigenvalue weighted by Gasteiger charge is 2.36. The summed E-state index contributed by atoms with van der Waals surface area (Å²) in [6.45, 7) is 2.04. The van der Waals surface area contributed by atoms with Crippen LogP contribution in [0, 0.1) is 5.92 Å². The highest BCUT2D eigenvalue weighted by Crippen LogP contribution is 2.36. The van der Waals surface area contributed by atoms with Crippen LogP contribution in [-0.4, -0.2) is 25.0 Å². The predicted octanol–water partition coefficient (Wildman–Crippen LogP) is 4.09. The van der Waals surface area contributed by atoms with E-state index in [4.69, 9.17) is 21.3 Å². The fourth-order valence-electron chi connectivity index (χ4n) is 3.63. The largest absolute Gasteiger partial charge is 0.466 e. The van der Waals surface area contributed by atoms with Gasteiger partial charge in [0, 0.05) is 16.3 Å². The maximum atomic E-state index is 12.4. The minimum absolute atomic E-state index is 0.123. The van der Waals surface area contributed by atoms with Crippen LogP contribution in [0.3, 0.4) is 0 Å². The summed E-state index contributed by atoms with van der Waals surface area (Å²) in [5.74, 6) is 0.952. The average Bonchev–Trinajstić information content (AvgIpc) is 3.15. The van der Waals surface area contributed by atoms with E-state index in [1.807, 2.05) is 31.2 Å². The number of carbonyl (C=O) groups is 1. The zero-order chi connectivity index (χ0) is 17.1. The van der Waals surface area contributed by atoms with E-state index in [9.17, 15) is 4.79 Å². The number of hydrogen-bond acceptors (Lipinski definition) is 4. The van der Waals surface area contributed by atoms with E-state index in [0.717, 1.165) is 36.4 Å². The Morgan fingerprint density at radius 3 is 2.54 bits per heavy atom. The number of benzene rings is 1. The van der Waals surface area contributed by atoms with Crippen LogP contribution in [0.4, 0.5) is 0 Å². The van der Waals surface area contributed by atoms with E-state index in [1.165, 1.54) is 20.0 Å². The van der Waals surface area contributed by atoms with Crippen LogP contribution in [0.5, 0.6) is 0 Å². The lowest BCUT2D eigenvalue weighted by Gasteiger charge is -2.30. The average molecular weight is 347 g/mol. The SMILES string of the molecule is CCC1=C(C(=O)OC)C(C2CCCC2)N=C(c2ccc(Cl)cc2)N1. The van der Waals surface area contributed by atoms with Gasteiger partial charge in [-0.15, -0.1) is 0 Å². The summed E-state index contributed by atoms with van der Waals surface area (Å²) in [7, 11) is 1.44. The molecule has 1 aliphatic carbocycles. The molecule has 2 aliphatic rings. The fraction of sp³-hybridized carbons (Fsp3) is 0.474. The molecule has 128 valence electrons. The van der Waals surface area contributed by atoms with Gasteiger partial charge in [0.25, 0.3) is 0 Å². The Morgan fingerprint density at radius 2 is 1.96 bits per heavy atom. The number of carbonyl (C=O) groups excluding carboxylic acids is 1. The van der Waals surface area contributed by atoms with E-state index >= 15 is 0 Å². The third-order valence-corrected chi connectivity index (χ3v) is 5.13. The lowest BCUT2D eigenvalue weighted by atomic mass is 9.88. The van der Waals surface area contributed by atoms with Crippen molar-refractivity contribution in [1.29, 1.82) is 0 Å². The van der Waals surface area contributed by atoms with E-state index in [2.05, 4.69) is 5.32 Å². The molecule has 3 rings (SSSR count).